The number of piperazine rings is 1. The number of nitrogens with zero attached hydrogens (tertiary/aromatic N) is 3. The number of nitrogens with one attached hydrogen (secondary N) is 3. The quantitative estimate of drug-likeness (QED) is 0.170. The van der Waals surface area contributed by atoms with Crippen molar-refractivity contribution in [1.29, 1.82) is 0 Å². The second kappa shape index (κ2) is 12.7. The van der Waals surface area contributed by atoms with Crippen LogP contribution in [0.5, 0.6) is 0 Å². The molecule has 3 N–H and O–H groups in total. The van der Waals surface area contributed by atoms with Crippen molar-refractivity contribution in [2.75, 3.05) is 51.0 Å². The molecule has 43 heavy (non-hydrogen) atoms. The van der Waals surface area contributed by atoms with E-state index in [2.05, 4.69) is 30.4 Å². The number of likely N-dealkylation sites (N-methyl/N-ethyl adjacent to an activating group) is 1. The van der Waals surface area contributed by atoms with Crippen LogP contribution in [0.4, 0.5) is 24.5 Å². The van der Waals surface area contributed by atoms with Crippen LogP contribution in [0.2, 0.25) is 0 Å². The lowest BCUT2D eigenvalue weighted by Crippen LogP contribution is -2.44. The number of pyridine rings is 1. The van der Waals surface area contributed by atoms with Crippen molar-refractivity contribution in [3.63, 3.8) is 0 Å². The number of methoxy groups -OCH3 is 1. The van der Waals surface area contributed by atoms with E-state index in [1.54, 1.807) is 24.4 Å². The highest BCUT2D eigenvalue weighted by Gasteiger charge is 2.34. The number of anilines is 2. The summed E-state index contributed by atoms with van der Waals surface area (Å²) < 4.78 is 47.0. The van der Waals surface area contributed by atoms with Crippen LogP contribution in [0.3, 0.4) is 0 Å². The van der Waals surface area contributed by atoms with Gasteiger partial charge in [-0.1, -0.05) is 30.4 Å². The summed E-state index contributed by atoms with van der Waals surface area (Å²) in [6, 6.07) is 13.6. The number of benzene rings is 2. The van der Waals surface area contributed by atoms with Gasteiger partial charge in [-0.05, 0) is 61.0 Å². The van der Waals surface area contributed by atoms with Crippen LogP contribution in [0.15, 0.2) is 54.7 Å². The molecule has 1 aliphatic heterocycles. The predicted octanol–water partition coefficient (Wildman–Crippen LogP) is 5.82. The second-order valence-electron chi connectivity index (χ2n) is 10.7. The monoisotopic (exact) mass is 610 g/mol. The van der Waals surface area contributed by atoms with Crippen molar-refractivity contribution >= 4 is 45.6 Å². The summed E-state index contributed by atoms with van der Waals surface area (Å²) in [5, 5.41) is 7.21. The molecule has 3 heterocycles. The molecule has 5 rings (SSSR count). The third-order valence-electron chi connectivity index (χ3n) is 7.63. The lowest BCUT2D eigenvalue weighted by molar-refractivity contribution is -0.138. The number of carbonyl (C=O) groups excluding carboxylic acids is 1. The van der Waals surface area contributed by atoms with Gasteiger partial charge in [0.25, 0.3) is 0 Å². The van der Waals surface area contributed by atoms with E-state index in [9.17, 15) is 18.0 Å². The summed E-state index contributed by atoms with van der Waals surface area (Å²) in [6.07, 6.45) is -2.83. The van der Waals surface area contributed by atoms with Gasteiger partial charge in [0.15, 0.2) is 0 Å². The van der Waals surface area contributed by atoms with Crippen molar-refractivity contribution in [3.05, 3.63) is 88.2 Å². The number of fused-ring (bicyclic) bond motifs is 1. The second-order valence-corrected chi connectivity index (χ2v) is 11.1. The highest BCUT2D eigenvalue weighted by Crippen LogP contribution is 2.34. The summed E-state index contributed by atoms with van der Waals surface area (Å²) >= 11 is 5.54. The number of esters is 1. The zero-order valence-electron chi connectivity index (χ0n) is 24.1. The Kier molecular flexibility index (Phi) is 9.00. The normalized spacial score (nSPS) is 14.6. The standard InChI is InChI=1S/C31H33F3N6O2S/c1-19-4-7-24(13-23(19)16-35-25-12-22-15-27(30(41)42-3)38-28(22)36-17-25)37-29(43)20-5-6-21(26(14-20)31(32,33)34)18-40-10-8-39(2)9-11-40/h4-7,12-15,17,35H,8-11,16,18H2,1-3H3,(H,36,38)(H,37,43). The number of aryl methyl sites for hydroxylation is 1. The van der Waals surface area contributed by atoms with Gasteiger partial charge in [0, 0.05) is 55.9 Å². The third-order valence-corrected chi connectivity index (χ3v) is 7.97. The highest BCUT2D eigenvalue weighted by atomic mass is 32.1. The van der Waals surface area contributed by atoms with E-state index in [1.165, 1.54) is 7.11 Å². The van der Waals surface area contributed by atoms with Gasteiger partial charge in [0.05, 0.1) is 24.6 Å². The Morgan fingerprint density at radius 2 is 1.81 bits per heavy atom. The highest BCUT2D eigenvalue weighted by molar-refractivity contribution is 7.81. The Bertz CT molecular complexity index is 1650. The van der Waals surface area contributed by atoms with Crippen LogP contribution in [0.1, 0.15) is 38.3 Å². The molecule has 0 radical (unpaired) electrons. The minimum absolute atomic E-state index is 0.211. The van der Waals surface area contributed by atoms with Crippen molar-refractivity contribution in [3.8, 4) is 0 Å². The number of carbonyl (C=O) groups is 1. The van der Waals surface area contributed by atoms with Crippen molar-refractivity contribution < 1.29 is 22.7 Å². The Morgan fingerprint density at radius 3 is 2.53 bits per heavy atom. The molecule has 0 saturated carbocycles. The summed E-state index contributed by atoms with van der Waals surface area (Å²) in [6.45, 7) is 5.81. The number of H-pyrrole nitrogens is 1. The number of thiocarbonyl (C=S) groups is 1. The molecule has 4 aromatic rings. The first-order chi connectivity index (χ1) is 20.5. The summed E-state index contributed by atoms with van der Waals surface area (Å²) in [5.41, 5.74) is 4.21. The number of alkyl halides is 3. The molecular formula is C31H33F3N6O2S. The fourth-order valence-electron chi connectivity index (χ4n) is 5.04. The molecule has 0 unspecified atom stereocenters. The van der Waals surface area contributed by atoms with Gasteiger partial charge in [-0.2, -0.15) is 13.2 Å². The Balaban J connectivity index is 1.27. The van der Waals surface area contributed by atoms with Crippen molar-refractivity contribution in [1.82, 2.24) is 19.8 Å². The molecule has 0 bridgehead atoms. The fraction of sp³-hybridized carbons (Fsp3) is 0.323. The summed E-state index contributed by atoms with van der Waals surface area (Å²) in [7, 11) is 3.33. The molecule has 12 heteroatoms. The predicted molar refractivity (Wildman–Crippen MR) is 165 cm³/mol. The maximum atomic E-state index is 14.1. The van der Waals surface area contributed by atoms with E-state index in [0.717, 1.165) is 54.4 Å². The maximum Gasteiger partial charge on any atom is 0.416 e. The van der Waals surface area contributed by atoms with Gasteiger partial charge < -0.3 is 25.3 Å². The zero-order chi connectivity index (χ0) is 30.7. The molecule has 0 aliphatic carbocycles. The van der Waals surface area contributed by atoms with Gasteiger partial charge in [0.2, 0.25) is 0 Å². The molecule has 0 amide bonds. The first-order valence-corrected chi connectivity index (χ1v) is 14.2. The SMILES string of the molecule is COC(=O)c1cc2cc(NCc3cc(NC(=S)c4ccc(CN5CCN(C)CC5)c(C(F)(F)F)c4)ccc3C)cnc2[nH]1. The number of hydrogen-bond donors (Lipinski definition) is 3. The average Bonchev–Trinajstić information content (AvgIpc) is 3.41. The molecule has 0 atom stereocenters. The molecule has 1 saturated heterocycles. The minimum Gasteiger partial charge on any atom is -0.464 e. The Morgan fingerprint density at radius 1 is 1.05 bits per heavy atom. The molecular weight excluding hydrogens is 577 g/mol. The lowest BCUT2D eigenvalue weighted by atomic mass is 10.0. The first-order valence-electron chi connectivity index (χ1n) is 13.8. The lowest BCUT2D eigenvalue weighted by Gasteiger charge is -2.33. The third kappa shape index (κ3) is 7.32. The van der Waals surface area contributed by atoms with E-state index in [-0.39, 0.29) is 17.1 Å². The van der Waals surface area contributed by atoms with E-state index in [4.69, 9.17) is 17.0 Å². The summed E-state index contributed by atoms with van der Waals surface area (Å²) in [4.78, 5) is 23.5. The largest absolute Gasteiger partial charge is 0.464 e. The van der Waals surface area contributed by atoms with Gasteiger partial charge >= 0.3 is 12.1 Å². The Hall–Kier alpha value is -4.00. The van der Waals surface area contributed by atoms with E-state index >= 15 is 0 Å². The maximum absolute atomic E-state index is 14.1. The smallest absolute Gasteiger partial charge is 0.416 e. The van der Waals surface area contributed by atoms with Gasteiger partial charge in [-0.3, -0.25) is 4.90 Å². The number of halogens is 3. The number of hydrogen-bond acceptors (Lipinski definition) is 7. The van der Waals surface area contributed by atoms with Crippen LogP contribution in [0, 0.1) is 6.92 Å². The molecule has 2 aromatic carbocycles. The molecule has 226 valence electrons. The van der Waals surface area contributed by atoms with Crippen LogP contribution < -0.4 is 10.6 Å². The van der Waals surface area contributed by atoms with Crippen LogP contribution >= 0.6 is 12.2 Å². The van der Waals surface area contributed by atoms with Crippen molar-refractivity contribution in [2.45, 2.75) is 26.2 Å². The van der Waals surface area contributed by atoms with Crippen LogP contribution in [-0.4, -0.2) is 71.1 Å². The van der Waals surface area contributed by atoms with Crippen molar-refractivity contribution in [2.24, 2.45) is 0 Å². The van der Waals surface area contributed by atoms with Crippen LogP contribution in [0.25, 0.3) is 11.0 Å². The molecule has 2 aromatic heterocycles. The van der Waals surface area contributed by atoms with Gasteiger partial charge in [0.1, 0.15) is 16.3 Å². The first kappa shape index (κ1) is 30.5. The number of aromatic nitrogens is 2. The van der Waals surface area contributed by atoms with Gasteiger partial charge in [-0.25, -0.2) is 9.78 Å². The summed E-state index contributed by atoms with van der Waals surface area (Å²) in [5.74, 6) is -0.471. The Labute approximate surface area is 253 Å². The zero-order valence-corrected chi connectivity index (χ0v) is 25.0. The number of ether oxygens (including phenoxy) is 1. The number of aromatic amines is 1. The molecule has 8 nitrogen and oxygen atoms in total. The van der Waals surface area contributed by atoms with E-state index in [1.807, 2.05) is 38.2 Å². The van der Waals surface area contributed by atoms with Gasteiger partial charge in [-0.15, -0.1) is 0 Å². The van der Waals surface area contributed by atoms with E-state index in [0.29, 0.717) is 29.1 Å². The van der Waals surface area contributed by atoms with E-state index < -0.39 is 17.7 Å². The van der Waals surface area contributed by atoms with Crippen LogP contribution in [-0.2, 0) is 24.0 Å². The topological polar surface area (TPSA) is 85.5 Å². The average molecular weight is 611 g/mol. The molecule has 1 fully saturated rings. The number of rotatable bonds is 8. The fourth-order valence-corrected chi connectivity index (χ4v) is 5.28. The molecule has 0 spiro atoms. The minimum atomic E-state index is -4.49. The molecule has 1 aliphatic rings.